The van der Waals surface area contributed by atoms with E-state index in [1.54, 1.807) is 31.2 Å². The molecule has 2 heterocycles. The third-order valence-corrected chi connectivity index (χ3v) is 4.05. The topological polar surface area (TPSA) is 93.5 Å². The zero-order valence-corrected chi connectivity index (χ0v) is 13.6. The van der Waals surface area contributed by atoms with Crippen LogP contribution in [0, 0.1) is 6.92 Å². The van der Waals surface area contributed by atoms with Crippen LogP contribution in [0.25, 0.3) is 0 Å². The number of esters is 1. The number of carbonyl (C=O) groups excluding carboxylic acids is 2. The van der Waals surface area contributed by atoms with Crippen molar-refractivity contribution in [3.8, 4) is 5.75 Å². The van der Waals surface area contributed by atoms with Gasteiger partial charge in [-0.1, -0.05) is 12.1 Å². The molecule has 0 saturated heterocycles. The predicted octanol–water partition coefficient (Wildman–Crippen LogP) is 1.93. The van der Waals surface area contributed by atoms with Crippen LogP contribution in [0.1, 0.15) is 36.1 Å². The van der Waals surface area contributed by atoms with Gasteiger partial charge in [-0.2, -0.15) is 5.10 Å². The first kappa shape index (κ1) is 16.0. The van der Waals surface area contributed by atoms with E-state index in [4.69, 9.17) is 4.74 Å². The Labute approximate surface area is 139 Å². The number of hydrogen-bond donors (Lipinski definition) is 2. The van der Waals surface area contributed by atoms with Crippen molar-refractivity contribution >= 4 is 17.7 Å². The molecule has 0 fully saturated rings. The smallest absolute Gasteiger partial charge is 0.327 e. The highest BCUT2D eigenvalue weighted by atomic mass is 16.5. The van der Waals surface area contributed by atoms with E-state index in [1.165, 1.54) is 4.68 Å². The van der Waals surface area contributed by atoms with Crippen molar-refractivity contribution in [1.82, 2.24) is 9.78 Å². The first-order chi connectivity index (χ1) is 11.5. The normalized spacial score (nSPS) is 16.4. The Morgan fingerprint density at radius 2 is 2.12 bits per heavy atom. The molecule has 126 valence electrons. The third-order valence-electron chi connectivity index (χ3n) is 4.05. The summed E-state index contributed by atoms with van der Waals surface area (Å²) in [5.74, 6) is 0.0172. The summed E-state index contributed by atoms with van der Waals surface area (Å²) in [5, 5.41) is 16.7. The molecule has 0 bridgehead atoms. The van der Waals surface area contributed by atoms with Gasteiger partial charge in [-0.3, -0.25) is 9.59 Å². The number of aromatic hydroxyl groups is 1. The minimum Gasteiger partial charge on any atom is -0.508 e. The number of phenols is 1. The number of amides is 1. The highest BCUT2D eigenvalue weighted by Gasteiger charge is 2.32. The van der Waals surface area contributed by atoms with E-state index in [-0.39, 0.29) is 24.1 Å². The van der Waals surface area contributed by atoms with Gasteiger partial charge in [0.05, 0.1) is 12.3 Å². The third kappa shape index (κ3) is 2.97. The fourth-order valence-corrected chi connectivity index (χ4v) is 3.05. The van der Waals surface area contributed by atoms with Crippen LogP contribution in [0.2, 0.25) is 0 Å². The van der Waals surface area contributed by atoms with Gasteiger partial charge >= 0.3 is 5.97 Å². The van der Waals surface area contributed by atoms with Crippen molar-refractivity contribution in [2.45, 2.75) is 32.7 Å². The fraction of sp³-hybridized carbons (Fsp3) is 0.353. The molecule has 1 amide bonds. The number of aryl methyl sites for hydroxylation is 1. The molecule has 1 unspecified atom stereocenters. The minimum absolute atomic E-state index is 0.0490. The van der Waals surface area contributed by atoms with E-state index in [1.807, 2.05) is 6.92 Å². The summed E-state index contributed by atoms with van der Waals surface area (Å²) in [6.07, 6.45) is 0.295. The first-order valence-electron chi connectivity index (χ1n) is 7.81. The summed E-state index contributed by atoms with van der Waals surface area (Å²) in [5.41, 5.74) is 2.57. The molecule has 2 N–H and O–H groups in total. The summed E-state index contributed by atoms with van der Waals surface area (Å²) >= 11 is 0. The lowest BCUT2D eigenvalue weighted by molar-refractivity contribution is -0.144. The number of phenolic OH excluding ortho intramolecular Hbond substituents is 1. The Hall–Kier alpha value is -2.83. The summed E-state index contributed by atoms with van der Waals surface area (Å²) < 4.78 is 6.44. The fourth-order valence-electron chi connectivity index (χ4n) is 3.05. The van der Waals surface area contributed by atoms with Crippen LogP contribution in [0.15, 0.2) is 24.3 Å². The van der Waals surface area contributed by atoms with E-state index in [0.29, 0.717) is 18.8 Å². The zero-order chi connectivity index (χ0) is 17.3. The van der Waals surface area contributed by atoms with Gasteiger partial charge in [0.25, 0.3) is 0 Å². The van der Waals surface area contributed by atoms with Crippen LogP contribution in [0.5, 0.6) is 5.75 Å². The van der Waals surface area contributed by atoms with E-state index in [9.17, 15) is 14.7 Å². The number of fused-ring (bicyclic) bond motifs is 1. The standard InChI is InChI=1S/C17H19N3O4/c1-3-24-15(23)9-20-17-16(10(2)19-20)13(8-14(22)18-17)11-4-6-12(21)7-5-11/h4-7,13,21H,3,8-9H2,1-2H3,(H,18,22). The molecule has 0 spiro atoms. The quantitative estimate of drug-likeness (QED) is 0.836. The Balaban J connectivity index is 2.00. The number of hydrogen-bond acceptors (Lipinski definition) is 5. The lowest BCUT2D eigenvalue weighted by Crippen LogP contribution is -2.26. The number of anilines is 1. The van der Waals surface area contributed by atoms with Crippen molar-refractivity contribution in [2.75, 3.05) is 11.9 Å². The second kappa shape index (κ2) is 6.35. The van der Waals surface area contributed by atoms with Crippen molar-refractivity contribution in [3.05, 3.63) is 41.1 Å². The molecule has 24 heavy (non-hydrogen) atoms. The van der Waals surface area contributed by atoms with Crippen LogP contribution in [0.4, 0.5) is 5.82 Å². The SMILES string of the molecule is CCOC(=O)Cn1nc(C)c2c1NC(=O)CC2c1ccc(O)cc1. The van der Waals surface area contributed by atoms with Gasteiger partial charge in [-0.25, -0.2) is 4.68 Å². The van der Waals surface area contributed by atoms with Crippen LogP contribution in [0.3, 0.4) is 0 Å². The monoisotopic (exact) mass is 329 g/mol. The van der Waals surface area contributed by atoms with E-state index >= 15 is 0 Å². The summed E-state index contributed by atoms with van der Waals surface area (Å²) in [4.78, 5) is 23.9. The molecule has 7 heteroatoms. The molecular weight excluding hydrogens is 310 g/mol. The van der Waals surface area contributed by atoms with Gasteiger partial charge in [-0.05, 0) is 31.5 Å². The zero-order valence-electron chi connectivity index (χ0n) is 13.6. The highest BCUT2D eigenvalue weighted by Crippen LogP contribution is 2.39. The van der Waals surface area contributed by atoms with E-state index in [2.05, 4.69) is 10.4 Å². The summed E-state index contributed by atoms with van der Waals surface area (Å²) in [6.45, 7) is 3.84. The number of nitrogens with one attached hydrogen (secondary N) is 1. The molecule has 3 rings (SSSR count). The molecule has 2 aromatic rings. The first-order valence-corrected chi connectivity index (χ1v) is 7.81. The number of carbonyl (C=O) groups is 2. The van der Waals surface area contributed by atoms with Crippen LogP contribution < -0.4 is 5.32 Å². The van der Waals surface area contributed by atoms with Gasteiger partial charge in [-0.15, -0.1) is 0 Å². The number of ether oxygens (including phenoxy) is 1. The lowest BCUT2D eigenvalue weighted by atomic mass is 9.86. The second-order valence-corrected chi connectivity index (χ2v) is 5.71. The van der Waals surface area contributed by atoms with E-state index in [0.717, 1.165) is 16.8 Å². The number of benzene rings is 1. The predicted molar refractivity (Wildman–Crippen MR) is 86.8 cm³/mol. The van der Waals surface area contributed by atoms with Gasteiger partial charge in [0.2, 0.25) is 5.91 Å². The molecule has 1 atom stereocenters. The Bertz CT molecular complexity index is 780. The highest BCUT2D eigenvalue weighted by molar-refractivity contribution is 5.94. The van der Waals surface area contributed by atoms with Crippen LogP contribution in [-0.4, -0.2) is 33.4 Å². The van der Waals surface area contributed by atoms with E-state index < -0.39 is 5.97 Å². The minimum atomic E-state index is -0.399. The van der Waals surface area contributed by atoms with Gasteiger partial charge < -0.3 is 15.2 Å². The number of rotatable bonds is 4. The average Bonchev–Trinajstić information content (AvgIpc) is 2.83. The molecule has 0 saturated carbocycles. The molecule has 1 aromatic carbocycles. The van der Waals surface area contributed by atoms with Gasteiger partial charge in [0, 0.05) is 17.9 Å². The Kier molecular flexibility index (Phi) is 4.24. The van der Waals surface area contributed by atoms with Crippen LogP contribution in [-0.2, 0) is 20.9 Å². The number of aromatic nitrogens is 2. The Morgan fingerprint density at radius 3 is 2.79 bits per heavy atom. The summed E-state index contributed by atoms with van der Waals surface area (Å²) in [7, 11) is 0. The average molecular weight is 329 g/mol. The molecule has 0 radical (unpaired) electrons. The number of nitrogens with zero attached hydrogens (tertiary/aromatic N) is 2. The molecular formula is C17H19N3O4. The molecule has 1 aliphatic heterocycles. The molecule has 1 aliphatic rings. The maximum absolute atomic E-state index is 12.1. The van der Waals surface area contributed by atoms with Gasteiger partial charge in [0.1, 0.15) is 18.1 Å². The van der Waals surface area contributed by atoms with Crippen molar-refractivity contribution in [3.63, 3.8) is 0 Å². The lowest BCUT2D eigenvalue weighted by Gasteiger charge is -2.24. The second-order valence-electron chi connectivity index (χ2n) is 5.71. The molecule has 7 nitrogen and oxygen atoms in total. The van der Waals surface area contributed by atoms with Crippen LogP contribution >= 0.6 is 0 Å². The maximum atomic E-state index is 12.1. The van der Waals surface area contributed by atoms with Crippen molar-refractivity contribution in [2.24, 2.45) is 0 Å². The van der Waals surface area contributed by atoms with Crippen molar-refractivity contribution < 1.29 is 19.4 Å². The largest absolute Gasteiger partial charge is 0.508 e. The Morgan fingerprint density at radius 1 is 1.42 bits per heavy atom. The van der Waals surface area contributed by atoms with Gasteiger partial charge in [0.15, 0.2) is 0 Å². The van der Waals surface area contributed by atoms with Crippen molar-refractivity contribution in [1.29, 1.82) is 0 Å². The molecule has 1 aromatic heterocycles. The summed E-state index contributed by atoms with van der Waals surface area (Å²) in [6, 6.07) is 6.79. The maximum Gasteiger partial charge on any atom is 0.327 e. The molecule has 0 aliphatic carbocycles.